The monoisotopic (exact) mass is 1060 g/mol. The highest BCUT2D eigenvalue weighted by atomic mass is 33.1. The number of primary amides is 3. The third-order valence-corrected chi connectivity index (χ3v) is 14.1. The number of nitrogens with two attached hydrogens (primary N) is 5. The Morgan fingerprint density at radius 2 is 1.27 bits per heavy atom. The Kier molecular flexibility index (Phi) is 23.7. The van der Waals surface area contributed by atoms with E-state index in [1.807, 2.05) is 0 Å². The van der Waals surface area contributed by atoms with Crippen molar-refractivity contribution in [2.24, 2.45) is 28.7 Å². The first-order valence-electron chi connectivity index (χ1n) is 23.5. The van der Waals surface area contributed by atoms with E-state index in [1.54, 1.807) is 30.3 Å². The molecule has 27 heteroatoms. The molecule has 2 saturated heterocycles. The van der Waals surface area contributed by atoms with Crippen LogP contribution in [-0.2, 0) is 65.6 Å². The maximum absolute atomic E-state index is 14.6. The molecule has 2 aliphatic rings. The summed E-state index contributed by atoms with van der Waals surface area (Å²) in [6, 6.07) is 3.09. The second-order valence-corrected chi connectivity index (χ2v) is 20.0. The molecule has 2 aliphatic heterocycles. The van der Waals surface area contributed by atoms with Gasteiger partial charge in [-0.25, -0.2) is 0 Å². The molecule has 0 aromatic heterocycles. The Balaban J connectivity index is 1.71. The quantitative estimate of drug-likeness (QED) is 0.0467. The first kappa shape index (κ1) is 58.6. The zero-order valence-electron chi connectivity index (χ0n) is 40.0. The lowest BCUT2D eigenvalue weighted by Gasteiger charge is -2.31. The Labute approximate surface area is 428 Å². The highest BCUT2D eigenvalue weighted by Gasteiger charge is 2.40. The molecule has 25 nitrogen and oxygen atoms in total. The number of rotatable bonds is 19. The lowest BCUT2D eigenvalue weighted by Crippen LogP contribution is -2.61. The Morgan fingerprint density at radius 1 is 0.699 bits per heavy atom. The second-order valence-electron chi connectivity index (χ2n) is 17.4. The fraction of sp³-hybridized carbons (Fsp3) is 0.500. The summed E-state index contributed by atoms with van der Waals surface area (Å²) in [5, 5.41) is 27.7. The number of carbonyl (C=O) groups excluding carboxylic acids is 11. The number of likely N-dealkylation sites (tertiary alicyclic amines) is 1. The van der Waals surface area contributed by atoms with E-state index in [0.29, 0.717) is 36.9 Å². The number of nitrogens with zero attached hydrogens (tertiary/aromatic N) is 1. The summed E-state index contributed by atoms with van der Waals surface area (Å²) in [5.74, 6) is -10.0. The maximum Gasteiger partial charge on any atom is 0.246 e. The number of unbranched alkanes of at least 4 members (excludes halogenated alkanes) is 1. The fourth-order valence-electron chi connectivity index (χ4n) is 7.79. The van der Waals surface area contributed by atoms with E-state index in [9.17, 15) is 57.8 Å². The van der Waals surface area contributed by atoms with Crippen LogP contribution in [-0.4, -0.2) is 154 Å². The van der Waals surface area contributed by atoms with E-state index >= 15 is 0 Å². The van der Waals surface area contributed by atoms with Gasteiger partial charge in [0.05, 0.1) is 19.0 Å². The number of hydrogen-bond donors (Lipinski definition) is 13. The SMILES string of the molecule is NCCCC[C@H](NC(=O)[C@@H]1CCCN1C(=O)[C@@H]1CSSC[C@H](N)C(=O)NC(Cc2ccc(O)cc2)C(=O)N[C@@H](Cc2ccccc2)C(=O)N[C@@H](CCC(N)=O)C(=O)NC(CC(N)=O)C(=O)N1)C(=O)NCC(N)=O. The molecule has 0 aliphatic carbocycles. The number of aromatic hydroxyl groups is 1. The van der Waals surface area contributed by atoms with Crippen molar-refractivity contribution in [3.8, 4) is 5.75 Å². The lowest BCUT2D eigenvalue weighted by atomic mass is 10.0. The van der Waals surface area contributed by atoms with Crippen LogP contribution < -0.4 is 65.9 Å². The molecule has 0 radical (unpaired) electrons. The third kappa shape index (κ3) is 19.5. The molecule has 4 rings (SSSR count). The minimum Gasteiger partial charge on any atom is -0.508 e. The third-order valence-electron chi connectivity index (χ3n) is 11.6. The van der Waals surface area contributed by atoms with Crippen molar-refractivity contribution in [3.63, 3.8) is 0 Å². The minimum atomic E-state index is -1.78. The van der Waals surface area contributed by atoms with Crippen LogP contribution in [0.1, 0.15) is 62.5 Å². The number of nitrogens with one attached hydrogen (secondary N) is 7. The average Bonchev–Trinajstić information content (AvgIpc) is 3.85. The molecular weight excluding hydrogens is 991 g/mol. The smallest absolute Gasteiger partial charge is 0.246 e. The fourth-order valence-corrected chi connectivity index (χ4v) is 10.1. The number of hydrogen-bond acceptors (Lipinski definition) is 16. The predicted octanol–water partition coefficient (Wildman–Crippen LogP) is -4.33. The molecule has 0 spiro atoms. The van der Waals surface area contributed by atoms with Gasteiger partial charge in [0.15, 0.2) is 0 Å². The van der Waals surface area contributed by atoms with Crippen molar-refractivity contribution < 1.29 is 57.8 Å². The van der Waals surface area contributed by atoms with E-state index in [4.69, 9.17) is 28.7 Å². The van der Waals surface area contributed by atoms with Gasteiger partial charge in [0, 0.05) is 37.3 Å². The van der Waals surface area contributed by atoms with Crippen molar-refractivity contribution in [1.82, 2.24) is 42.1 Å². The number of phenols is 1. The van der Waals surface area contributed by atoms with Crippen LogP contribution in [0.2, 0.25) is 0 Å². The summed E-state index contributed by atoms with van der Waals surface area (Å²) in [6.07, 6.45) is -0.386. The predicted molar refractivity (Wildman–Crippen MR) is 269 cm³/mol. The number of amides is 11. The van der Waals surface area contributed by atoms with E-state index in [0.717, 1.165) is 21.6 Å². The molecular formula is C46H65N13O12S2. The van der Waals surface area contributed by atoms with Gasteiger partial charge >= 0.3 is 0 Å². The molecule has 2 heterocycles. The largest absolute Gasteiger partial charge is 0.508 e. The van der Waals surface area contributed by atoms with E-state index in [-0.39, 0.29) is 49.5 Å². The zero-order valence-corrected chi connectivity index (χ0v) is 41.6. The lowest BCUT2D eigenvalue weighted by molar-refractivity contribution is -0.142. The minimum absolute atomic E-state index is 0.0324. The first-order valence-corrected chi connectivity index (χ1v) is 26.0. The van der Waals surface area contributed by atoms with Crippen molar-refractivity contribution in [1.29, 1.82) is 0 Å². The van der Waals surface area contributed by atoms with Gasteiger partial charge in [0.1, 0.15) is 48.0 Å². The summed E-state index contributed by atoms with van der Waals surface area (Å²) in [5.41, 5.74) is 29.2. The molecule has 8 atom stereocenters. The van der Waals surface area contributed by atoms with Crippen LogP contribution in [0.3, 0.4) is 0 Å². The Morgan fingerprint density at radius 3 is 1.89 bits per heavy atom. The van der Waals surface area contributed by atoms with Crippen molar-refractivity contribution in [3.05, 3.63) is 65.7 Å². The molecule has 73 heavy (non-hydrogen) atoms. The standard InChI is InChI=1S/C46H65N13O12S2/c47-17-5-4-9-29(40(65)52-22-38(51)63)54-45(70)35-10-6-18-59(35)46(71)34-24-73-72-23-28(48)39(64)55-31(20-26-11-13-27(60)14-12-26)43(68)56-32(19-25-7-2-1-3-8-25)42(67)53-30(15-16-36(49)61)41(66)57-33(21-37(50)62)44(69)58-34/h1-3,7-8,11-14,28-35,60H,4-6,9-10,15-24,47-48H2,(H2,49,61)(H2,50,62)(H2,51,63)(H,52,65)(H,53,67)(H,54,70)(H,55,64)(H,56,68)(H,57,66)(H,58,69)/t28-,29-,30-,31?,32-,33?,34-,35-/m0/s1. The zero-order chi connectivity index (χ0) is 53.6. The summed E-state index contributed by atoms with van der Waals surface area (Å²) < 4.78 is 0. The van der Waals surface area contributed by atoms with Crippen molar-refractivity contribution in [2.45, 2.75) is 113 Å². The van der Waals surface area contributed by atoms with Gasteiger partial charge in [0.25, 0.3) is 0 Å². The molecule has 398 valence electrons. The van der Waals surface area contributed by atoms with E-state index in [1.165, 1.54) is 29.2 Å². The van der Waals surface area contributed by atoms with Crippen LogP contribution in [0.5, 0.6) is 5.75 Å². The normalized spacial score (nSPS) is 23.0. The van der Waals surface area contributed by atoms with Crippen LogP contribution >= 0.6 is 21.6 Å². The average molecular weight is 1060 g/mol. The van der Waals surface area contributed by atoms with Gasteiger partial charge in [-0.15, -0.1) is 0 Å². The van der Waals surface area contributed by atoms with Crippen molar-refractivity contribution >= 4 is 86.6 Å². The van der Waals surface area contributed by atoms with Gasteiger partial charge in [-0.3, -0.25) is 52.7 Å². The molecule has 2 aromatic rings. The highest BCUT2D eigenvalue weighted by molar-refractivity contribution is 8.76. The number of carbonyl (C=O) groups is 11. The summed E-state index contributed by atoms with van der Waals surface area (Å²) in [6.45, 7) is -0.147. The summed E-state index contributed by atoms with van der Waals surface area (Å²) in [4.78, 5) is 149. The summed E-state index contributed by atoms with van der Waals surface area (Å²) >= 11 is 0. The Bertz CT molecular complexity index is 2300. The topological polar surface area (TPSA) is 426 Å². The van der Waals surface area contributed by atoms with Crippen molar-refractivity contribution in [2.75, 3.05) is 31.1 Å². The molecule has 0 bridgehead atoms. The molecule has 2 fully saturated rings. The van der Waals surface area contributed by atoms with E-state index in [2.05, 4.69) is 37.2 Å². The van der Waals surface area contributed by atoms with E-state index < -0.39 is 139 Å². The van der Waals surface area contributed by atoms with Gasteiger partial charge in [-0.1, -0.05) is 64.1 Å². The Hall–Kier alpha value is -6.97. The highest BCUT2D eigenvalue weighted by Crippen LogP contribution is 2.26. The van der Waals surface area contributed by atoms with Gasteiger partial charge in [0.2, 0.25) is 65.0 Å². The molecule has 11 amide bonds. The molecule has 2 unspecified atom stereocenters. The molecule has 0 saturated carbocycles. The number of phenolic OH excluding ortho intramolecular Hbond substituents is 1. The number of benzene rings is 2. The van der Waals surface area contributed by atoms with Gasteiger partial charge < -0.3 is 75.9 Å². The first-order chi connectivity index (χ1) is 34.8. The molecule has 18 N–H and O–H groups in total. The van der Waals surface area contributed by atoms with Crippen LogP contribution in [0, 0.1) is 0 Å². The van der Waals surface area contributed by atoms with Gasteiger partial charge in [-0.05, 0) is 68.3 Å². The van der Waals surface area contributed by atoms with Crippen LogP contribution in [0.25, 0.3) is 0 Å². The molecule has 2 aromatic carbocycles. The van der Waals surface area contributed by atoms with Gasteiger partial charge in [-0.2, -0.15) is 0 Å². The van der Waals surface area contributed by atoms with Crippen LogP contribution in [0.15, 0.2) is 54.6 Å². The summed E-state index contributed by atoms with van der Waals surface area (Å²) in [7, 11) is 2.02. The van der Waals surface area contributed by atoms with Crippen LogP contribution in [0.4, 0.5) is 0 Å². The second kappa shape index (κ2) is 29.5. The maximum atomic E-state index is 14.6.